The summed E-state index contributed by atoms with van der Waals surface area (Å²) < 4.78 is 36.1. The standard InChI is InChI=1S/C31H42F2N4O5S/c1-16(19-10-9-18(24-17(2)34-15-43-24)13-21(19)42-30(6,7)8)35-26(39)23-22(32)20(38)14-37(23)27(40)25(29(3,4)5)36-28(41)31(33)11-12-31/h9-10,13,15-16,20,22-23,25,38H,11-12,14H2,1-8H3,(H,35,39)(H,36,41)/t16-,20-,22-,23-,25+/m0/s1. The van der Waals surface area contributed by atoms with E-state index < -0.39 is 71.4 Å². The summed E-state index contributed by atoms with van der Waals surface area (Å²) in [5, 5.41) is 15.7. The molecule has 0 bridgehead atoms. The number of aromatic nitrogens is 1. The number of hydrogen-bond donors (Lipinski definition) is 3. The third-order valence-corrected chi connectivity index (χ3v) is 8.67. The number of aryl methyl sites for hydroxylation is 1. The molecule has 0 radical (unpaired) electrons. The van der Waals surface area contributed by atoms with E-state index in [0.29, 0.717) is 11.3 Å². The van der Waals surface area contributed by atoms with E-state index in [-0.39, 0.29) is 12.8 Å². The van der Waals surface area contributed by atoms with Gasteiger partial charge in [-0.1, -0.05) is 32.9 Å². The Kier molecular flexibility index (Phi) is 8.97. The normalized spacial score (nSPS) is 23.0. The molecule has 236 valence electrons. The molecule has 1 saturated carbocycles. The van der Waals surface area contributed by atoms with E-state index in [2.05, 4.69) is 15.6 Å². The lowest BCUT2D eigenvalue weighted by molar-refractivity contribution is -0.145. The van der Waals surface area contributed by atoms with Gasteiger partial charge in [-0.05, 0) is 64.5 Å². The highest BCUT2D eigenvalue weighted by molar-refractivity contribution is 7.13. The second kappa shape index (κ2) is 11.8. The number of aliphatic hydroxyl groups excluding tert-OH is 1. The van der Waals surface area contributed by atoms with Crippen LogP contribution in [0.3, 0.4) is 0 Å². The number of rotatable bonds is 8. The van der Waals surface area contributed by atoms with Crippen molar-refractivity contribution >= 4 is 29.1 Å². The molecule has 12 heteroatoms. The van der Waals surface area contributed by atoms with Crippen LogP contribution in [-0.4, -0.2) is 74.9 Å². The van der Waals surface area contributed by atoms with E-state index in [1.807, 2.05) is 45.9 Å². The maximum Gasteiger partial charge on any atom is 0.258 e. The summed E-state index contributed by atoms with van der Waals surface area (Å²) in [4.78, 5) is 46.1. The molecule has 1 aromatic heterocycles. The lowest BCUT2D eigenvalue weighted by Gasteiger charge is -2.36. The fourth-order valence-corrected chi connectivity index (χ4v) is 5.93. The second-order valence-corrected chi connectivity index (χ2v) is 14.5. The number of amides is 3. The Morgan fingerprint density at radius 2 is 1.81 bits per heavy atom. The number of nitrogens with one attached hydrogen (secondary N) is 2. The van der Waals surface area contributed by atoms with Crippen LogP contribution < -0.4 is 15.4 Å². The summed E-state index contributed by atoms with van der Waals surface area (Å²) in [6.07, 6.45) is -3.55. The molecule has 5 atom stereocenters. The Labute approximate surface area is 255 Å². The fraction of sp³-hybridized carbons (Fsp3) is 0.613. The number of hydrogen-bond acceptors (Lipinski definition) is 7. The summed E-state index contributed by atoms with van der Waals surface area (Å²) in [7, 11) is 0. The Hall–Kier alpha value is -3.12. The quantitative estimate of drug-likeness (QED) is 0.402. The third kappa shape index (κ3) is 7.17. The molecule has 2 aliphatic rings. The first-order valence-electron chi connectivity index (χ1n) is 14.5. The van der Waals surface area contributed by atoms with Crippen LogP contribution >= 0.6 is 11.3 Å². The lowest BCUT2D eigenvalue weighted by atomic mass is 9.85. The smallest absolute Gasteiger partial charge is 0.258 e. The Bertz CT molecular complexity index is 1380. The number of β-amino-alcohol motifs (C(OH)–C–C–N with tert-alkyl or cyclic N) is 1. The Morgan fingerprint density at radius 3 is 2.35 bits per heavy atom. The van der Waals surface area contributed by atoms with Crippen LogP contribution in [0.15, 0.2) is 23.7 Å². The molecule has 3 N–H and O–H groups in total. The number of aliphatic hydroxyl groups is 1. The van der Waals surface area contributed by atoms with Crippen LogP contribution in [0.5, 0.6) is 5.75 Å². The predicted octanol–water partition coefficient (Wildman–Crippen LogP) is 4.42. The molecule has 1 saturated heterocycles. The summed E-state index contributed by atoms with van der Waals surface area (Å²) in [6, 6.07) is 2.05. The SMILES string of the molecule is Cc1ncsc1-c1ccc([C@H](C)NC(=O)[C@@H]2[C@@H](F)[C@@H](O)CN2C(=O)[C@@H](NC(=O)C2(F)CC2)C(C)(C)C)c(OC(C)(C)C)c1. The minimum absolute atomic E-state index is 0.0630. The first kappa shape index (κ1) is 32.8. The van der Waals surface area contributed by atoms with Crippen molar-refractivity contribution in [2.45, 2.75) is 110 Å². The molecule has 1 aromatic carbocycles. The number of carbonyl (C=O) groups excluding carboxylic acids is 3. The topological polar surface area (TPSA) is 121 Å². The monoisotopic (exact) mass is 620 g/mol. The molecular formula is C31H42F2N4O5S. The highest BCUT2D eigenvalue weighted by Gasteiger charge is 2.54. The fourth-order valence-electron chi connectivity index (χ4n) is 5.13. The second-order valence-electron chi connectivity index (χ2n) is 13.6. The van der Waals surface area contributed by atoms with E-state index in [1.165, 1.54) is 11.3 Å². The van der Waals surface area contributed by atoms with Gasteiger partial charge in [0.2, 0.25) is 11.8 Å². The molecule has 0 spiro atoms. The number of ether oxygens (including phenoxy) is 1. The van der Waals surface area contributed by atoms with Gasteiger partial charge in [0.1, 0.15) is 29.5 Å². The molecule has 1 aliphatic heterocycles. The first-order valence-corrected chi connectivity index (χ1v) is 15.4. The maximum atomic E-state index is 15.4. The number of halogens is 2. The summed E-state index contributed by atoms with van der Waals surface area (Å²) in [5.41, 5.74) is 0.708. The van der Waals surface area contributed by atoms with Crippen LogP contribution in [0.1, 0.15) is 78.6 Å². The van der Waals surface area contributed by atoms with Gasteiger partial charge < -0.3 is 25.4 Å². The van der Waals surface area contributed by atoms with E-state index in [4.69, 9.17) is 4.74 Å². The third-order valence-electron chi connectivity index (χ3n) is 7.69. The summed E-state index contributed by atoms with van der Waals surface area (Å²) >= 11 is 1.50. The molecule has 4 rings (SSSR count). The molecule has 2 aromatic rings. The Balaban J connectivity index is 1.59. The van der Waals surface area contributed by atoms with E-state index in [9.17, 15) is 23.9 Å². The van der Waals surface area contributed by atoms with Gasteiger partial charge in [0.25, 0.3) is 5.91 Å². The molecule has 2 fully saturated rings. The van der Waals surface area contributed by atoms with Crippen LogP contribution in [0, 0.1) is 12.3 Å². The molecule has 9 nitrogen and oxygen atoms in total. The molecule has 43 heavy (non-hydrogen) atoms. The van der Waals surface area contributed by atoms with Crippen molar-refractivity contribution in [3.05, 3.63) is 35.0 Å². The first-order chi connectivity index (χ1) is 19.8. The zero-order chi connectivity index (χ0) is 32.1. The van der Waals surface area contributed by atoms with Gasteiger partial charge in [0, 0.05) is 5.56 Å². The largest absolute Gasteiger partial charge is 0.488 e. The van der Waals surface area contributed by atoms with Crippen LogP contribution in [0.2, 0.25) is 0 Å². The van der Waals surface area contributed by atoms with Gasteiger partial charge in [0.05, 0.1) is 28.7 Å². The van der Waals surface area contributed by atoms with Crippen LogP contribution in [0.25, 0.3) is 10.4 Å². The van der Waals surface area contributed by atoms with Crippen molar-refractivity contribution in [3.63, 3.8) is 0 Å². The zero-order valence-electron chi connectivity index (χ0n) is 26.0. The van der Waals surface area contributed by atoms with Gasteiger partial charge in [-0.15, -0.1) is 11.3 Å². The van der Waals surface area contributed by atoms with Crippen molar-refractivity contribution in [1.82, 2.24) is 20.5 Å². The average molecular weight is 621 g/mol. The van der Waals surface area contributed by atoms with Crippen LogP contribution in [-0.2, 0) is 14.4 Å². The van der Waals surface area contributed by atoms with Gasteiger partial charge in [0.15, 0.2) is 11.8 Å². The number of thiazole rings is 1. The van der Waals surface area contributed by atoms with Crippen LogP contribution in [0.4, 0.5) is 8.78 Å². The number of benzene rings is 1. The van der Waals surface area contributed by atoms with E-state index in [0.717, 1.165) is 21.0 Å². The number of likely N-dealkylation sites (tertiary alicyclic amines) is 1. The molecule has 0 unspecified atom stereocenters. The van der Waals surface area contributed by atoms with E-state index >= 15 is 4.39 Å². The van der Waals surface area contributed by atoms with Crippen molar-refractivity contribution in [2.75, 3.05) is 6.54 Å². The summed E-state index contributed by atoms with van der Waals surface area (Å²) in [6.45, 7) is 13.9. The molecule has 1 aliphatic carbocycles. The number of nitrogens with zero attached hydrogens (tertiary/aromatic N) is 2. The summed E-state index contributed by atoms with van der Waals surface area (Å²) in [5.74, 6) is -1.96. The molecule has 3 amide bonds. The molecular weight excluding hydrogens is 578 g/mol. The van der Waals surface area contributed by atoms with E-state index in [1.54, 1.807) is 33.2 Å². The predicted molar refractivity (Wildman–Crippen MR) is 160 cm³/mol. The average Bonchev–Trinajstić information content (AvgIpc) is 3.38. The highest BCUT2D eigenvalue weighted by Crippen LogP contribution is 2.41. The minimum Gasteiger partial charge on any atom is -0.488 e. The number of carbonyl (C=O) groups is 3. The van der Waals surface area contributed by atoms with Crippen molar-refractivity contribution < 1.29 is 33.0 Å². The van der Waals surface area contributed by atoms with Gasteiger partial charge in [-0.2, -0.15) is 0 Å². The van der Waals surface area contributed by atoms with Gasteiger partial charge >= 0.3 is 0 Å². The maximum absolute atomic E-state index is 15.4. The minimum atomic E-state index is -2.06. The van der Waals surface area contributed by atoms with Gasteiger partial charge in [-0.3, -0.25) is 14.4 Å². The zero-order valence-corrected chi connectivity index (χ0v) is 26.8. The molecule has 2 heterocycles. The number of alkyl halides is 2. The lowest BCUT2D eigenvalue weighted by Crippen LogP contribution is -2.59. The van der Waals surface area contributed by atoms with Gasteiger partial charge in [-0.25, -0.2) is 13.8 Å². The highest BCUT2D eigenvalue weighted by atomic mass is 32.1. The Morgan fingerprint density at radius 1 is 1.16 bits per heavy atom. The van der Waals surface area contributed by atoms with Crippen molar-refractivity contribution in [1.29, 1.82) is 0 Å². The van der Waals surface area contributed by atoms with Crippen molar-refractivity contribution in [2.24, 2.45) is 5.41 Å². The van der Waals surface area contributed by atoms with Crippen molar-refractivity contribution in [3.8, 4) is 16.2 Å².